The number of nitrogens with zero attached hydrogens (tertiary/aromatic N) is 3. The van der Waals surface area contributed by atoms with Gasteiger partial charge in [-0.1, -0.05) is 31.5 Å². The van der Waals surface area contributed by atoms with E-state index in [0.29, 0.717) is 16.3 Å². The Hall–Kier alpha value is -2.29. The molecular formula is C21H27ClN4O. The van der Waals surface area contributed by atoms with Crippen molar-refractivity contribution in [2.24, 2.45) is 0 Å². The molecule has 0 fully saturated rings. The maximum atomic E-state index is 12.9. The molecule has 5 nitrogen and oxygen atoms in total. The minimum Gasteiger partial charge on any atom is -0.348 e. The quantitative estimate of drug-likeness (QED) is 0.701. The van der Waals surface area contributed by atoms with E-state index < -0.39 is 0 Å². The van der Waals surface area contributed by atoms with Gasteiger partial charge in [0, 0.05) is 22.9 Å². The van der Waals surface area contributed by atoms with Crippen LogP contribution >= 0.6 is 11.6 Å². The standard InChI is InChI=1S/C21H27ClN4O/c1-4-25(5-2)12-7-8-16(3)24-21(27)20-17(15-23)11-13-26(20)19-10-6-9-18(22)14-19/h6,9-11,13-14,16H,4-5,7-8,12H2,1-3H3,(H,24,27). The van der Waals surface area contributed by atoms with Gasteiger partial charge in [0.15, 0.2) is 0 Å². The highest BCUT2D eigenvalue weighted by atomic mass is 35.5. The first-order chi connectivity index (χ1) is 13.0. The van der Waals surface area contributed by atoms with Gasteiger partial charge in [-0.15, -0.1) is 0 Å². The molecule has 0 aliphatic heterocycles. The van der Waals surface area contributed by atoms with Gasteiger partial charge < -0.3 is 14.8 Å². The fourth-order valence-corrected chi connectivity index (χ4v) is 3.31. The molecule has 1 atom stereocenters. The van der Waals surface area contributed by atoms with Crippen LogP contribution in [0.25, 0.3) is 5.69 Å². The average Bonchev–Trinajstić information content (AvgIpc) is 3.09. The Morgan fingerprint density at radius 1 is 1.33 bits per heavy atom. The van der Waals surface area contributed by atoms with E-state index in [2.05, 4.69) is 30.1 Å². The summed E-state index contributed by atoms with van der Waals surface area (Å²) in [6.07, 6.45) is 3.63. The molecule has 0 saturated carbocycles. The van der Waals surface area contributed by atoms with Crippen LogP contribution in [0.15, 0.2) is 36.5 Å². The predicted molar refractivity (Wildman–Crippen MR) is 109 cm³/mol. The SMILES string of the molecule is CCN(CC)CCCC(C)NC(=O)c1c(C#N)ccn1-c1cccc(Cl)c1. The third kappa shape index (κ3) is 5.59. The third-order valence-electron chi connectivity index (χ3n) is 4.69. The van der Waals surface area contributed by atoms with Gasteiger partial charge in [0.05, 0.1) is 5.56 Å². The first-order valence-electron chi connectivity index (χ1n) is 9.40. The minimum absolute atomic E-state index is 0.0299. The fraction of sp³-hybridized carbons (Fsp3) is 0.429. The smallest absolute Gasteiger partial charge is 0.269 e. The summed E-state index contributed by atoms with van der Waals surface area (Å²) in [5.74, 6) is -0.244. The van der Waals surface area contributed by atoms with Gasteiger partial charge in [-0.05, 0) is 63.7 Å². The van der Waals surface area contributed by atoms with E-state index in [4.69, 9.17) is 11.6 Å². The lowest BCUT2D eigenvalue weighted by molar-refractivity contribution is 0.0930. The number of nitrogens with one attached hydrogen (secondary N) is 1. The van der Waals surface area contributed by atoms with Crippen LogP contribution < -0.4 is 5.32 Å². The summed E-state index contributed by atoms with van der Waals surface area (Å²) < 4.78 is 1.71. The maximum Gasteiger partial charge on any atom is 0.269 e. The first-order valence-corrected chi connectivity index (χ1v) is 9.78. The lowest BCUT2D eigenvalue weighted by Crippen LogP contribution is -2.35. The first kappa shape index (κ1) is 21.0. The molecule has 0 saturated heterocycles. The van der Waals surface area contributed by atoms with Crippen molar-refractivity contribution in [3.63, 3.8) is 0 Å². The van der Waals surface area contributed by atoms with Crippen molar-refractivity contribution < 1.29 is 4.79 Å². The molecule has 0 aliphatic carbocycles. The summed E-state index contributed by atoms with van der Waals surface area (Å²) in [6, 6.07) is 11.0. The lowest BCUT2D eigenvalue weighted by Gasteiger charge is -2.20. The monoisotopic (exact) mass is 386 g/mol. The maximum absolute atomic E-state index is 12.9. The average molecular weight is 387 g/mol. The molecule has 1 amide bonds. The van der Waals surface area contributed by atoms with E-state index in [-0.39, 0.29) is 11.9 Å². The molecule has 1 aromatic carbocycles. The van der Waals surface area contributed by atoms with Crippen LogP contribution in [0.2, 0.25) is 5.02 Å². The zero-order chi connectivity index (χ0) is 19.8. The Balaban J connectivity index is 2.09. The van der Waals surface area contributed by atoms with Crippen LogP contribution in [-0.2, 0) is 0 Å². The number of amides is 1. The highest BCUT2D eigenvalue weighted by Gasteiger charge is 2.20. The number of rotatable bonds is 9. The largest absolute Gasteiger partial charge is 0.348 e. The van der Waals surface area contributed by atoms with E-state index in [1.165, 1.54) is 0 Å². The Morgan fingerprint density at radius 2 is 2.07 bits per heavy atom. The molecule has 6 heteroatoms. The van der Waals surface area contributed by atoms with Crippen molar-refractivity contribution in [2.45, 2.75) is 39.7 Å². The number of carbonyl (C=O) groups excluding carboxylic acids is 1. The van der Waals surface area contributed by atoms with Crippen molar-refractivity contribution >= 4 is 17.5 Å². The van der Waals surface area contributed by atoms with Crippen LogP contribution in [-0.4, -0.2) is 41.1 Å². The van der Waals surface area contributed by atoms with Gasteiger partial charge in [-0.2, -0.15) is 5.26 Å². The van der Waals surface area contributed by atoms with Crippen LogP contribution in [0.1, 0.15) is 49.7 Å². The van der Waals surface area contributed by atoms with Gasteiger partial charge in [-0.3, -0.25) is 4.79 Å². The minimum atomic E-state index is -0.244. The molecule has 27 heavy (non-hydrogen) atoms. The number of nitriles is 1. The summed E-state index contributed by atoms with van der Waals surface area (Å²) in [6.45, 7) is 9.41. The molecular weight excluding hydrogens is 360 g/mol. The number of hydrogen-bond acceptors (Lipinski definition) is 3. The van der Waals surface area contributed by atoms with Gasteiger partial charge in [0.25, 0.3) is 5.91 Å². The molecule has 1 heterocycles. The number of carbonyl (C=O) groups is 1. The van der Waals surface area contributed by atoms with Crippen molar-refractivity contribution in [2.75, 3.05) is 19.6 Å². The zero-order valence-corrected chi connectivity index (χ0v) is 17.0. The Bertz CT molecular complexity index is 805. The number of benzene rings is 1. The van der Waals surface area contributed by atoms with E-state index in [1.54, 1.807) is 29.0 Å². The molecule has 144 valence electrons. The van der Waals surface area contributed by atoms with Crippen LogP contribution in [0.5, 0.6) is 0 Å². The molecule has 1 aromatic heterocycles. The molecule has 1 unspecified atom stereocenters. The molecule has 0 radical (unpaired) electrons. The molecule has 0 spiro atoms. The van der Waals surface area contributed by atoms with Gasteiger partial charge >= 0.3 is 0 Å². The van der Waals surface area contributed by atoms with Crippen LogP contribution in [0, 0.1) is 11.3 Å². The second kappa shape index (κ2) is 10.1. The summed E-state index contributed by atoms with van der Waals surface area (Å²) in [5.41, 5.74) is 1.45. The van der Waals surface area contributed by atoms with Crippen molar-refractivity contribution in [3.8, 4) is 11.8 Å². The molecule has 2 rings (SSSR count). The van der Waals surface area contributed by atoms with Crippen molar-refractivity contribution in [1.82, 2.24) is 14.8 Å². The highest BCUT2D eigenvalue weighted by molar-refractivity contribution is 6.30. The summed E-state index contributed by atoms with van der Waals surface area (Å²) in [7, 11) is 0. The number of hydrogen-bond donors (Lipinski definition) is 1. The van der Waals surface area contributed by atoms with Gasteiger partial charge in [-0.25, -0.2) is 0 Å². The fourth-order valence-electron chi connectivity index (χ4n) is 3.12. The Labute approximate surface area is 166 Å². The summed E-state index contributed by atoms with van der Waals surface area (Å²) in [4.78, 5) is 15.2. The van der Waals surface area contributed by atoms with Crippen LogP contribution in [0.4, 0.5) is 0 Å². The van der Waals surface area contributed by atoms with E-state index >= 15 is 0 Å². The topological polar surface area (TPSA) is 61.1 Å². The van der Waals surface area contributed by atoms with E-state index in [9.17, 15) is 10.1 Å². The Morgan fingerprint density at radius 3 is 2.70 bits per heavy atom. The molecule has 0 aliphatic rings. The number of halogens is 1. The lowest BCUT2D eigenvalue weighted by atomic mass is 10.1. The predicted octanol–water partition coefficient (Wildman–Crippen LogP) is 4.24. The summed E-state index contributed by atoms with van der Waals surface area (Å²) >= 11 is 6.08. The number of aromatic nitrogens is 1. The second-order valence-electron chi connectivity index (χ2n) is 6.58. The van der Waals surface area contributed by atoms with Gasteiger partial charge in [0.2, 0.25) is 0 Å². The highest BCUT2D eigenvalue weighted by Crippen LogP contribution is 2.20. The van der Waals surface area contributed by atoms with Crippen LogP contribution in [0.3, 0.4) is 0 Å². The van der Waals surface area contributed by atoms with E-state index in [1.807, 2.05) is 19.1 Å². The third-order valence-corrected chi connectivity index (χ3v) is 4.93. The molecule has 0 bridgehead atoms. The Kier molecular flexibility index (Phi) is 7.90. The van der Waals surface area contributed by atoms with Crippen molar-refractivity contribution in [3.05, 3.63) is 52.8 Å². The second-order valence-corrected chi connectivity index (χ2v) is 7.02. The summed E-state index contributed by atoms with van der Waals surface area (Å²) in [5, 5.41) is 13.0. The van der Waals surface area contributed by atoms with E-state index in [0.717, 1.165) is 38.2 Å². The normalized spacial score (nSPS) is 12.0. The molecule has 2 aromatic rings. The molecule has 1 N–H and O–H groups in total. The van der Waals surface area contributed by atoms with Crippen molar-refractivity contribution in [1.29, 1.82) is 5.26 Å². The van der Waals surface area contributed by atoms with Gasteiger partial charge in [0.1, 0.15) is 11.8 Å². The zero-order valence-electron chi connectivity index (χ0n) is 16.2.